The largest absolute Gasteiger partial charge is 0.325 e. The summed E-state index contributed by atoms with van der Waals surface area (Å²) in [5.41, 5.74) is 3.99. The van der Waals surface area contributed by atoms with E-state index in [9.17, 15) is 13.2 Å². The summed E-state index contributed by atoms with van der Waals surface area (Å²) in [5.74, 6) is -0.210. The summed E-state index contributed by atoms with van der Waals surface area (Å²) < 4.78 is 27.6. The maximum absolute atomic E-state index is 13.0. The number of aryl methyl sites for hydroxylation is 2. The number of benzene rings is 2. The number of nitrogens with zero attached hydrogens (tertiary/aromatic N) is 1. The minimum Gasteiger partial charge on any atom is -0.325 e. The molecule has 0 bridgehead atoms. The smallest absolute Gasteiger partial charge is 0.243 e. The van der Waals surface area contributed by atoms with Gasteiger partial charge in [-0.05, 0) is 60.9 Å². The summed E-state index contributed by atoms with van der Waals surface area (Å²) in [6.45, 7) is 11.0. The second-order valence-electron chi connectivity index (χ2n) is 9.21. The zero-order valence-corrected chi connectivity index (χ0v) is 19.3. The Morgan fingerprint density at radius 3 is 2.00 bits per heavy atom. The van der Waals surface area contributed by atoms with Gasteiger partial charge in [0.2, 0.25) is 15.9 Å². The van der Waals surface area contributed by atoms with Gasteiger partial charge < -0.3 is 5.32 Å². The third kappa shape index (κ3) is 4.76. The van der Waals surface area contributed by atoms with Gasteiger partial charge in [0.25, 0.3) is 0 Å². The van der Waals surface area contributed by atoms with Crippen molar-refractivity contribution in [2.75, 3.05) is 18.4 Å². The summed E-state index contributed by atoms with van der Waals surface area (Å²) in [6.07, 6.45) is 1.05. The number of amides is 1. The molecule has 0 aliphatic carbocycles. The van der Waals surface area contributed by atoms with E-state index in [2.05, 4.69) is 26.1 Å². The number of hydrogen-bond acceptors (Lipinski definition) is 3. The number of rotatable bonds is 4. The summed E-state index contributed by atoms with van der Waals surface area (Å²) in [4.78, 5) is 13.1. The van der Waals surface area contributed by atoms with E-state index in [0.717, 1.165) is 22.4 Å². The number of nitrogens with one attached hydrogen (secondary N) is 1. The van der Waals surface area contributed by atoms with Gasteiger partial charge in [-0.3, -0.25) is 4.79 Å². The Labute approximate surface area is 180 Å². The molecule has 0 aromatic heterocycles. The summed E-state index contributed by atoms with van der Waals surface area (Å²) in [6, 6.07) is 13.1. The van der Waals surface area contributed by atoms with Crippen molar-refractivity contribution in [1.29, 1.82) is 0 Å². The van der Waals surface area contributed by atoms with Crippen molar-refractivity contribution < 1.29 is 13.2 Å². The third-order valence-electron chi connectivity index (χ3n) is 5.91. The van der Waals surface area contributed by atoms with Crippen molar-refractivity contribution in [3.8, 4) is 0 Å². The van der Waals surface area contributed by atoms with Crippen molar-refractivity contribution in [1.82, 2.24) is 4.31 Å². The molecular weight excluding hydrogens is 396 g/mol. The average Bonchev–Trinajstić information content (AvgIpc) is 2.70. The lowest BCUT2D eigenvalue weighted by atomic mass is 9.87. The average molecular weight is 429 g/mol. The van der Waals surface area contributed by atoms with E-state index in [-0.39, 0.29) is 17.2 Å². The highest BCUT2D eigenvalue weighted by molar-refractivity contribution is 7.89. The van der Waals surface area contributed by atoms with Crippen LogP contribution in [0.1, 0.15) is 50.3 Å². The quantitative estimate of drug-likeness (QED) is 0.771. The maximum Gasteiger partial charge on any atom is 0.243 e. The van der Waals surface area contributed by atoms with Gasteiger partial charge in [0, 0.05) is 24.7 Å². The first-order valence-corrected chi connectivity index (χ1v) is 11.9. The lowest BCUT2D eigenvalue weighted by molar-refractivity contribution is -0.120. The molecule has 0 atom stereocenters. The minimum atomic E-state index is -3.54. The SMILES string of the molecule is Cc1cccc(C)c1NC(=O)C1CCN(S(=O)(=O)c2ccc(C(C)(C)C)cc2)CC1. The van der Waals surface area contributed by atoms with Gasteiger partial charge in [0.1, 0.15) is 0 Å². The molecule has 2 aromatic rings. The first kappa shape index (κ1) is 22.5. The molecule has 30 heavy (non-hydrogen) atoms. The highest BCUT2D eigenvalue weighted by Crippen LogP contribution is 2.28. The second-order valence-corrected chi connectivity index (χ2v) is 11.1. The van der Waals surface area contributed by atoms with Gasteiger partial charge in [0.15, 0.2) is 0 Å². The molecule has 2 aromatic carbocycles. The molecule has 0 radical (unpaired) electrons. The van der Waals surface area contributed by atoms with E-state index >= 15 is 0 Å². The Hall–Kier alpha value is -2.18. The lowest BCUT2D eigenvalue weighted by Gasteiger charge is -2.31. The van der Waals surface area contributed by atoms with Crippen molar-refractivity contribution in [2.24, 2.45) is 5.92 Å². The zero-order chi connectivity index (χ0) is 22.1. The Morgan fingerprint density at radius 1 is 0.967 bits per heavy atom. The Kier molecular flexibility index (Phi) is 6.39. The van der Waals surface area contributed by atoms with Crippen LogP contribution >= 0.6 is 0 Å². The molecule has 1 N–H and O–H groups in total. The van der Waals surface area contributed by atoms with Crippen LogP contribution in [0.5, 0.6) is 0 Å². The molecule has 5 nitrogen and oxygen atoms in total. The fourth-order valence-corrected chi connectivity index (χ4v) is 5.34. The Morgan fingerprint density at radius 2 is 1.50 bits per heavy atom. The normalized spacial score (nSPS) is 16.4. The number of hydrogen-bond donors (Lipinski definition) is 1. The topological polar surface area (TPSA) is 66.5 Å². The van der Waals surface area contributed by atoms with Crippen LogP contribution in [-0.4, -0.2) is 31.7 Å². The predicted molar refractivity (Wildman–Crippen MR) is 121 cm³/mol. The maximum atomic E-state index is 13.0. The predicted octanol–water partition coefficient (Wildman–Crippen LogP) is 4.64. The molecular formula is C24H32N2O3S. The fourth-order valence-electron chi connectivity index (χ4n) is 3.87. The molecule has 1 aliphatic heterocycles. The van der Waals surface area contributed by atoms with Gasteiger partial charge >= 0.3 is 0 Å². The number of carbonyl (C=O) groups excluding carboxylic acids is 1. The number of anilines is 1. The fraction of sp³-hybridized carbons (Fsp3) is 0.458. The molecule has 1 saturated heterocycles. The van der Waals surface area contributed by atoms with Crippen molar-refractivity contribution in [3.05, 3.63) is 59.2 Å². The number of para-hydroxylation sites is 1. The van der Waals surface area contributed by atoms with E-state index in [4.69, 9.17) is 0 Å². The van der Waals surface area contributed by atoms with Crippen molar-refractivity contribution in [2.45, 2.75) is 57.8 Å². The molecule has 0 spiro atoms. The summed E-state index contributed by atoms with van der Waals surface area (Å²) >= 11 is 0. The van der Waals surface area contributed by atoms with E-state index in [0.29, 0.717) is 30.8 Å². The summed E-state index contributed by atoms with van der Waals surface area (Å²) in [5, 5.41) is 3.05. The van der Waals surface area contributed by atoms with E-state index < -0.39 is 10.0 Å². The molecule has 0 saturated carbocycles. The lowest BCUT2D eigenvalue weighted by Crippen LogP contribution is -2.41. The summed E-state index contributed by atoms with van der Waals surface area (Å²) in [7, 11) is -3.54. The van der Waals surface area contributed by atoms with E-state index in [1.807, 2.05) is 44.2 Å². The molecule has 3 rings (SSSR count). The van der Waals surface area contributed by atoms with E-state index in [1.165, 1.54) is 4.31 Å². The molecule has 1 fully saturated rings. The highest BCUT2D eigenvalue weighted by Gasteiger charge is 2.32. The van der Waals surface area contributed by atoms with Crippen LogP contribution in [0, 0.1) is 19.8 Å². The first-order valence-electron chi connectivity index (χ1n) is 10.5. The van der Waals surface area contributed by atoms with Gasteiger partial charge in [-0.15, -0.1) is 0 Å². The van der Waals surface area contributed by atoms with Gasteiger partial charge in [-0.25, -0.2) is 8.42 Å². The van der Waals surface area contributed by atoms with Crippen LogP contribution in [0.2, 0.25) is 0 Å². The second kappa shape index (κ2) is 8.52. The molecule has 0 unspecified atom stereocenters. The third-order valence-corrected chi connectivity index (χ3v) is 7.83. The number of piperidine rings is 1. The number of sulfonamides is 1. The van der Waals surface area contributed by atoms with Crippen LogP contribution in [0.25, 0.3) is 0 Å². The molecule has 1 aliphatic rings. The van der Waals surface area contributed by atoms with Crippen LogP contribution in [-0.2, 0) is 20.2 Å². The Balaban J connectivity index is 1.65. The van der Waals surface area contributed by atoms with Crippen LogP contribution < -0.4 is 5.32 Å². The Bertz CT molecular complexity index is 993. The molecule has 6 heteroatoms. The van der Waals surface area contributed by atoms with Crippen LogP contribution in [0.4, 0.5) is 5.69 Å². The molecule has 1 heterocycles. The van der Waals surface area contributed by atoms with Crippen LogP contribution in [0.3, 0.4) is 0 Å². The zero-order valence-electron chi connectivity index (χ0n) is 18.5. The minimum absolute atomic E-state index is 0.0243. The number of carbonyl (C=O) groups is 1. The van der Waals surface area contributed by atoms with E-state index in [1.54, 1.807) is 12.1 Å². The highest BCUT2D eigenvalue weighted by atomic mass is 32.2. The van der Waals surface area contributed by atoms with Crippen LogP contribution in [0.15, 0.2) is 47.4 Å². The van der Waals surface area contributed by atoms with Gasteiger partial charge in [-0.2, -0.15) is 4.31 Å². The molecule has 1 amide bonds. The van der Waals surface area contributed by atoms with Crippen molar-refractivity contribution >= 4 is 21.6 Å². The van der Waals surface area contributed by atoms with Gasteiger partial charge in [-0.1, -0.05) is 51.1 Å². The van der Waals surface area contributed by atoms with Crippen molar-refractivity contribution in [3.63, 3.8) is 0 Å². The monoisotopic (exact) mass is 428 g/mol. The standard InChI is InChI=1S/C24H32N2O3S/c1-17-7-6-8-18(2)22(17)25-23(27)19-13-15-26(16-14-19)30(28,29)21-11-9-20(10-12-21)24(3,4)5/h6-12,19H,13-16H2,1-5H3,(H,25,27). The first-order chi connectivity index (χ1) is 14.0. The van der Waals surface area contributed by atoms with Gasteiger partial charge in [0.05, 0.1) is 4.90 Å². The molecule has 162 valence electrons.